The number of nitrogens with one attached hydrogen (secondary N) is 2. The lowest BCUT2D eigenvalue weighted by molar-refractivity contribution is -0.122. The van der Waals surface area contributed by atoms with E-state index in [1.807, 2.05) is 24.3 Å². The van der Waals surface area contributed by atoms with Gasteiger partial charge in [0.25, 0.3) is 5.91 Å². The summed E-state index contributed by atoms with van der Waals surface area (Å²) in [7, 11) is 1.53. The molecule has 7 nitrogen and oxygen atoms in total. The first-order valence-electron chi connectivity index (χ1n) is 11.4. The number of benzene rings is 3. The number of aromatic nitrogens is 1. The molecular weight excluding hydrogens is 459 g/mol. The third-order valence-electron chi connectivity index (χ3n) is 6.44. The third kappa shape index (κ3) is 3.85. The minimum Gasteiger partial charge on any atom is -0.757 e. The first-order valence-corrected chi connectivity index (χ1v) is 11.4. The van der Waals surface area contributed by atoms with E-state index in [0.29, 0.717) is 32.5 Å². The van der Waals surface area contributed by atoms with Crippen molar-refractivity contribution in [3.05, 3.63) is 100.0 Å². The number of halogens is 1. The Morgan fingerprint density at radius 3 is 2.72 bits per heavy atom. The van der Waals surface area contributed by atoms with Gasteiger partial charge in [-0.3, -0.25) is 4.79 Å². The number of aromatic amines is 1. The van der Waals surface area contributed by atoms with Crippen molar-refractivity contribution in [2.45, 2.75) is 18.4 Å². The lowest BCUT2D eigenvalue weighted by Crippen LogP contribution is -2.58. The van der Waals surface area contributed by atoms with Gasteiger partial charge in [0.2, 0.25) is 0 Å². The largest absolute Gasteiger partial charge is 0.757 e. The Morgan fingerprint density at radius 2 is 1.97 bits per heavy atom. The molecule has 1 aromatic heterocycles. The van der Waals surface area contributed by atoms with Gasteiger partial charge in [0.15, 0.2) is 0 Å². The van der Waals surface area contributed by atoms with Gasteiger partial charge in [0.1, 0.15) is 17.1 Å². The maximum Gasteiger partial charge on any atom is 0.253 e. The van der Waals surface area contributed by atoms with Gasteiger partial charge in [-0.05, 0) is 71.8 Å². The number of hydroxylamine groups is 2. The summed E-state index contributed by atoms with van der Waals surface area (Å²) in [5.74, 6) is -0.471. The fourth-order valence-electron chi connectivity index (χ4n) is 4.61. The summed E-state index contributed by atoms with van der Waals surface area (Å²) in [6.07, 6.45) is 3.17. The predicted molar refractivity (Wildman–Crippen MR) is 135 cm³/mol. The van der Waals surface area contributed by atoms with Gasteiger partial charge < -0.3 is 25.3 Å². The number of anilines is 1. The van der Waals surface area contributed by atoms with E-state index in [1.54, 1.807) is 30.5 Å². The van der Waals surface area contributed by atoms with Gasteiger partial charge in [-0.15, -0.1) is 0 Å². The first kappa shape index (κ1) is 23.1. The number of methoxy groups -OCH3 is 1. The fourth-order valence-corrected chi connectivity index (χ4v) is 4.61. The van der Waals surface area contributed by atoms with Gasteiger partial charge in [-0.25, -0.2) is 4.39 Å². The van der Waals surface area contributed by atoms with Crippen molar-refractivity contribution < 1.29 is 13.9 Å². The van der Waals surface area contributed by atoms with Crippen molar-refractivity contribution in [2.75, 3.05) is 12.4 Å². The number of H-pyrrole nitrogens is 1. The molecule has 1 aliphatic rings. The normalized spacial score (nSPS) is 16.7. The average molecular weight is 482 g/mol. The molecule has 180 valence electrons. The Kier molecular flexibility index (Phi) is 5.92. The van der Waals surface area contributed by atoms with E-state index in [9.17, 15) is 19.7 Å². The number of carbonyl (C=O) groups excluding carboxylic acids is 1. The van der Waals surface area contributed by atoms with Crippen LogP contribution in [0, 0.1) is 22.4 Å². The summed E-state index contributed by atoms with van der Waals surface area (Å²) < 4.78 is 19.1. The molecule has 2 heterocycles. The van der Waals surface area contributed by atoms with Gasteiger partial charge in [-0.1, -0.05) is 18.2 Å². The summed E-state index contributed by atoms with van der Waals surface area (Å²) in [4.78, 5) is 17.0. The molecule has 36 heavy (non-hydrogen) atoms. The zero-order valence-electron chi connectivity index (χ0n) is 19.4. The van der Waals surface area contributed by atoms with Crippen LogP contribution in [-0.4, -0.2) is 28.6 Å². The van der Waals surface area contributed by atoms with Crippen molar-refractivity contribution in [2.24, 2.45) is 0 Å². The van der Waals surface area contributed by atoms with Crippen LogP contribution in [0.1, 0.15) is 18.4 Å². The predicted octanol–water partition coefficient (Wildman–Crippen LogP) is 3.75. The molecule has 4 aromatic rings. The van der Waals surface area contributed by atoms with Crippen molar-refractivity contribution in [1.29, 1.82) is 5.26 Å². The molecule has 2 N–H and O–H groups in total. The molecule has 1 amide bonds. The second kappa shape index (κ2) is 9.21. The van der Waals surface area contributed by atoms with Crippen LogP contribution in [0.2, 0.25) is 0 Å². The van der Waals surface area contributed by atoms with Crippen LogP contribution in [0.15, 0.2) is 72.9 Å². The highest BCUT2D eigenvalue weighted by Gasteiger charge is 2.41. The summed E-state index contributed by atoms with van der Waals surface area (Å²) in [5.41, 5.74) is 0.277. The molecule has 8 heteroatoms. The number of ether oxygens (including phenoxy) is 1. The van der Waals surface area contributed by atoms with Crippen LogP contribution in [0.4, 0.5) is 10.1 Å². The molecular formula is C28H22FN4O3-. The maximum atomic E-state index is 14.1. The number of nitrogens with zero attached hydrogens (tertiary/aromatic N) is 2. The molecule has 5 rings (SSSR count). The molecule has 1 unspecified atom stereocenters. The van der Waals surface area contributed by atoms with E-state index in [2.05, 4.69) is 16.4 Å². The second-order valence-electron chi connectivity index (χ2n) is 8.53. The molecule has 0 bridgehead atoms. The highest BCUT2D eigenvalue weighted by molar-refractivity contribution is 6.09. The molecule has 0 saturated carbocycles. The summed E-state index contributed by atoms with van der Waals surface area (Å²) in [6.45, 7) is 0. The van der Waals surface area contributed by atoms with Crippen LogP contribution in [0.5, 0.6) is 5.75 Å². The first-order chi connectivity index (χ1) is 17.5. The standard InChI is InChI=1S/C28H22FN4O3/c1-36-21-11-12-22-19(15-21)16-28(13-4-14-30,33(35)26(22)18-7-9-20(29)10-8-18)27(34)32-25-17-31-24-6-3-2-5-23(24)25/h2-3,5-12,15-17,31H,4,13H2,1H3,(H,32,34)/q-1. The minimum atomic E-state index is -1.74. The van der Waals surface area contributed by atoms with Crippen LogP contribution >= 0.6 is 0 Å². The Hall–Kier alpha value is -4.61. The van der Waals surface area contributed by atoms with Crippen molar-refractivity contribution >= 4 is 34.3 Å². The molecule has 1 atom stereocenters. The van der Waals surface area contributed by atoms with Crippen LogP contribution in [-0.2, 0) is 4.79 Å². The topological polar surface area (TPSA) is 104 Å². The molecule has 0 saturated heterocycles. The Bertz CT molecular complexity index is 1620. The number of amides is 1. The maximum absolute atomic E-state index is 14.1. The minimum absolute atomic E-state index is 0.0352. The van der Waals surface area contributed by atoms with Gasteiger partial charge in [-0.2, -0.15) is 5.26 Å². The van der Waals surface area contributed by atoms with E-state index in [0.717, 1.165) is 10.9 Å². The summed E-state index contributed by atoms with van der Waals surface area (Å²) in [6, 6.07) is 20.3. The monoisotopic (exact) mass is 481 g/mol. The smallest absolute Gasteiger partial charge is 0.253 e. The molecule has 3 aromatic carbocycles. The average Bonchev–Trinajstić information content (AvgIpc) is 3.30. The van der Waals surface area contributed by atoms with Crippen molar-refractivity contribution in [3.63, 3.8) is 0 Å². The number of carbonyl (C=O) groups is 1. The lowest BCUT2D eigenvalue weighted by atomic mass is 9.85. The number of hydrogen-bond acceptors (Lipinski definition) is 5. The van der Waals surface area contributed by atoms with E-state index in [4.69, 9.17) is 4.74 Å². The van der Waals surface area contributed by atoms with Gasteiger partial charge >= 0.3 is 0 Å². The Morgan fingerprint density at radius 1 is 1.19 bits per heavy atom. The quantitative estimate of drug-likeness (QED) is 0.437. The van der Waals surface area contributed by atoms with Crippen molar-refractivity contribution in [1.82, 2.24) is 10.0 Å². The molecule has 0 fully saturated rings. The Labute approximate surface area is 206 Å². The van der Waals surface area contributed by atoms with Crippen LogP contribution < -0.4 is 20.5 Å². The molecule has 1 aliphatic heterocycles. The molecule has 0 aliphatic carbocycles. The summed E-state index contributed by atoms with van der Waals surface area (Å²) in [5, 5.41) is 29.0. The van der Waals surface area contributed by atoms with Gasteiger partial charge in [0.05, 0.1) is 18.9 Å². The van der Waals surface area contributed by atoms with E-state index >= 15 is 0 Å². The van der Waals surface area contributed by atoms with E-state index in [1.165, 1.54) is 31.4 Å². The zero-order valence-corrected chi connectivity index (χ0v) is 19.4. The number of rotatable bonds is 6. The fraction of sp³-hybridized carbons (Fsp3) is 0.143. The van der Waals surface area contributed by atoms with Crippen molar-refractivity contribution in [3.8, 4) is 11.8 Å². The molecule has 0 spiro atoms. The highest BCUT2D eigenvalue weighted by Crippen LogP contribution is 2.34. The van der Waals surface area contributed by atoms with Gasteiger partial charge in [0, 0.05) is 34.4 Å². The number of nitriles is 1. The third-order valence-corrected chi connectivity index (χ3v) is 6.44. The molecule has 0 radical (unpaired) electrons. The second-order valence-corrected chi connectivity index (χ2v) is 8.53. The number of para-hydroxylation sites is 1. The number of hydrogen-bond donors (Lipinski definition) is 2. The Balaban J connectivity index is 1.71. The zero-order chi connectivity index (χ0) is 25.3. The van der Waals surface area contributed by atoms with Crippen LogP contribution in [0.3, 0.4) is 0 Å². The SMILES string of the molecule is COc1ccc2c(c1)=CC(CCC#N)(C(=O)Nc1c[nH]c3ccccc13)N([O-])C=2c1ccc(F)cc1. The lowest BCUT2D eigenvalue weighted by Gasteiger charge is -2.50. The van der Waals surface area contributed by atoms with E-state index < -0.39 is 17.3 Å². The highest BCUT2D eigenvalue weighted by atomic mass is 19.1. The summed E-state index contributed by atoms with van der Waals surface area (Å²) >= 11 is 0. The van der Waals surface area contributed by atoms with Crippen LogP contribution in [0.25, 0.3) is 22.7 Å². The number of fused-ring (bicyclic) bond motifs is 2. The van der Waals surface area contributed by atoms with E-state index in [-0.39, 0.29) is 18.5 Å².